The first-order valence-corrected chi connectivity index (χ1v) is 8.53. The highest BCUT2D eigenvalue weighted by molar-refractivity contribution is 7.00. The fourth-order valence-corrected chi connectivity index (χ4v) is 4.14. The van der Waals surface area contributed by atoms with Crippen LogP contribution in [0.1, 0.15) is 62.6 Å². The first-order valence-electron chi connectivity index (χ1n) is 7.80. The number of aromatic nitrogens is 2. The van der Waals surface area contributed by atoms with Crippen molar-refractivity contribution in [1.29, 1.82) is 0 Å². The molecule has 1 aromatic carbocycles. The highest BCUT2D eigenvalue weighted by atomic mass is 32.1. The molecule has 1 aromatic heterocycles. The first kappa shape index (κ1) is 14.0. The summed E-state index contributed by atoms with van der Waals surface area (Å²) < 4.78 is 9.07. The standard InChI is InChI=1S/C17H24N2S/c1-12-11-13-7-4-5-9-17(2,3)10-6-8-14(13)16-15(12)18-20-19-16/h11H,4-10H2,1-3H3. The minimum Gasteiger partial charge on any atom is -0.173 e. The molecule has 0 atom stereocenters. The van der Waals surface area contributed by atoms with Crippen LogP contribution in [0.2, 0.25) is 0 Å². The highest BCUT2D eigenvalue weighted by Gasteiger charge is 2.20. The molecule has 0 saturated heterocycles. The Morgan fingerprint density at radius 3 is 2.60 bits per heavy atom. The average molecular weight is 288 g/mol. The summed E-state index contributed by atoms with van der Waals surface area (Å²) in [5.41, 5.74) is 7.12. The molecule has 0 aliphatic heterocycles. The molecule has 3 rings (SSSR count). The van der Waals surface area contributed by atoms with Gasteiger partial charge in [0.1, 0.15) is 11.0 Å². The number of hydrogen-bond acceptors (Lipinski definition) is 3. The Morgan fingerprint density at radius 1 is 1.00 bits per heavy atom. The van der Waals surface area contributed by atoms with Gasteiger partial charge in [-0.3, -0.25) is 0 Å². The lowest BCUT2D eigenvalue weighted by Gasteiger charge is -2.26. The second-order valence-corrected chi connectivity index (χ2v) is 7.55. The maximum atomic E-state index is 4.59. The van der Waals surface area contributed by atoms with Crippen LogP contribution in [0, 0.1) is 12.3 Å². The quantitative estimate of drug-likeness (QED) is 0.676. The average Bonchev–Trinajstić information content (AvgIpc) is 2.87. The van der Waals surface area contributed by atoms with E-state index < -0.39 is 0 Å². The van der Waals surface area contributed by atoms with E-state index in [0.29, 0.717) is 5.41 Å². The molecule has 108 valence electrons. The van der Waals surface area contributed by atoms with Crippen LogP contribution >= 0.6 is 11.7 Å². The van der Waals surface area contributed by atoms with E-state index in [-0.39, 0.29) is 0 Å². The van der Waals surface area contributed by atoms with E-state index in [1.807, 2.05) is 0 Å². The van der Waals surface area contributed by atoms with E-state index >= 15 is 0 Å². The van der Waals surface area contributed by atoms with E-state index in [2.05, 4.69) is 35.6 Å². The van der Waals surface area contributed by atoms with Crippen molar-refractivity contribution >= 4 is 22.8 Å². The van der Waals surface area contributed by atoms with Crippen molar-refractivity contribution in [2.24, 2.45) is 5.41 Å². The van der Waals surface area contributed by atoms with Crippen LogP contribution < -0.4 is 0 Å². The zero-order chi connectivity index (χ0) is 14.2. The molecule has 20 heavy (non-hydrogen) atoms. The van der Waals surface area contributed by atoms with Gasteiger partial charge in [0.15, 0.2) is 0 Å². The summed E-state index contributed by atoms with van der Waals surface area (Å²) in [6.07, 6.45) is 8.98. The van der Waals surface area contributed by atoms with Crippen LogP contribution in [0.3, 0.4) is 0 Å². The predicted octanol–water partition coefficient (Wildman–Crippen LogP) is 5.08. The van der Waals surface area contributed by atoms with Gasteiger partial charge in [-0.15, -0.1) is 0 Å². The van der Waals surface area contributed by atoms with Gasteiger partial charge in [-0.1, -0.05) is 26.3 Å². The third kappa shape index (κ3) is 2.73. The molecule has 1 aliphatic carbocycles. The minimum absolute atomic E-state index is 0.502. The molecule has 2 aromatic rings. The number of nitrogens with zero attached hydrogens (tertiary/aromatic N) is 2. The Bertz CT molecular complexity index is 613. The van der Waals surface area contributed by atoms with E-state index in [0.717, 1.165) is 5.52 Å². The second-order valence-electron chi connectivity index (χ2n) is 7.02. The Hall–Kier alpha value is -0.960. The molecule has 3 heteroatoms. The predicted molar refractivity (Wildman–Crippen MR) is 86.4 cm³/mol. The van der Waals surface area contributed by atoms with Crippen molar-refractivity contribution in [3.63, 3.8) is 0 Å². The summed E-state index contributed by atoms with van der Waals surface area (Å²) in [5, 5.41) is 0. The highest BCUT2D eigenvalue weighted by Crippen LogP contribution is 2.34. The zero-order valence-electron chi connectivity index (χ0n) is 12.8. The molecule has 0 radical (unpaired) electrons. The molecule has 2 nitrogen and oxygen atoms in total. The summed E-state index contributed by atoms with van der Waals surface area (Å²) in [6.45, 7) is 7.02. The van der Waals surface area contributed by atoms with Crippen LogP contribution in [0.5, 0.6) is 0 Å². The van der Waals surface area contributed by atoms with Crippen LogP contribution in [0.4, 0.5) is 0 Å². The smallest absolute Gasteiger partial charge is 0.108 e. The maximum absolute atomic E-state index is 4.59. The van der Waals surface area contributed by atoms with Crippen molar-refractivity contribution in [2.45, 2.75) is 65.7 Å². The van der Waals surface area contributed by atoms with Gasteiger partial charge in [-0.05, 0) is 67.6 Å². The summed E-state index contributed by atoms with van der Waals surface area (Å²) in [6, 6.07) is 2.37. The lowest BCUT2D eigenvalue weighted by atomic mass is 9.79. The topological polar surface area (TPSA) is 25.8 Å². The lowest BCUT2D eigenvalue weighted by Crippen LogP contribution is -2.13. The second kappa shape index (κ2) is 5.44. The van der Waals surface area contributed by atoms with E-state index in [1.165, 1.54) is 78.9 Å². The monoisotopic (exact) mass is 288 g/mol. The Balaban J connectivity index is 2.00. The molecule has 0 bridgehead atoms. The number of hydrogen-bond donors (Lipinski definition) is 0. The Kier molecular flexibility index (Phi) is 3.80. The minimum atomic E-state index is 0.502. The third-order valence-electron chi connectivity index (χ3n) is 4.76. The molecule has 1 heterocycles. The molecule has 0 amide bonds. The largest absolute Gasteiger partial charge is 0.173 e. The van der Waals surface area contributed by atoms with E-state index in [9.17, 15) is 0 Å². The van der Waals surface area contributed by atoms with Crippen LogP contribution in [-0.4, -0.2) is 8.75 Å². The van der Waals surface area contributed by atoms with Gasteiger partial charge in [0, 0.05) is 0 Å². The Labute approximate surface area is 125 Å². The molecule has 0 unspecified atom stereocenters. The number of benzene rings is 1. The summed E-state index contributed by atoms with van der Waals surface area (Å²) in [4.78, 5) is 0. The number of rotatable bonds is 0. The molecular weight excluding hydrogens is 264 g/mol. The van der Waals surface area contributed by atoms with Gasteiger partial charge >= 0.3 is 0 Å². The van der Waals surface area contributed by atoms with Crippen LogP contribution in [0.25, 0.3) is 11.0 Å². The van der Waals surface area contributed by atoms with E-state index in [1.54, 1.807) is 0 Å². The van der Waals surface area contributed by atoms with Gasteiger partial charge in [-0.25, -0.2) is 0 Å². The van der Waals surface area contributed by atoms with Gasteiger partial charge in [0.25, 0.3) is 0 Å². The molecule has 0 fully saturated rings. The van der Waals surface area contributed by atoms with Crippen LogP contribution in [0.15, 0.2) is 6.07 Å². The number of aryl methyl sites for hydroxylation is 3. The van der Waals surface area contributed by atoms with Gasteiger partial charge < -0.3 is 0 Å². The first-order chi connectivity index (χ1) is 9.57. The van der Waals surface area contributed by atoms with Crippen molar-refractivity contribution < 1.29 is 0 Å². The van der Waals surface area contributed by atoms with Crippen molar-refractivity contribution in [3.8, 4) is 0 Å². The van der Waals surface area contributed by atoms with Crippen molar-refractivity contribution in [2.75, 3.05) is 0 Å². The molecule has 1 aliphatic rings. The molecular formula is C17H24N2S. The molecule has 0 spiro atoms. The van der Waals surface area contributed by atoms with Crippen molar-refractivity contribution in [1.82, 2.24) is 8.75 Å². The number of fused-ring (bicyclic) bond motifs is 3. The zero-order valence-corrected chi connectivity index (χ0v) is 13.6. The van der Waals surface area contributed by atoms with Gasteiger partial charge in [0.2, 0.25) is 0 Å². The van der Waals surface area contributed by atoms with Crippen molar-refractivity contribution in [3.05, 3.63) is 22.8 Å². The lowest BCUT2D eigenvalue weighted by molar-refractivity contribution is 0.286. The fraction of sp³-hybridized carbons (Fsp3) is 0.647. The maximum Gasteiger partial charge on any atom is 0.108 e. The van der Waals surface area contributed by atoms with Crippen LogP contribution in [-0.2, 0) is 12.8 Å². The SMILES string of the molecule is Cc1cc2c(c3nsnc13)CCCC(C)(C)CCCC2. The van der Waals surface area contributed by atoms with E-state index in [4.69, 9.17) is 0 Å². The summed E-state index contributed by atoms with van der Waals surface area (Å²) in [7, 11) is 0. The van der Waals surface area contributed by atoms with Gasteiger partial charge in [-0.2, -0.15) is 8.75 Å². The normalized spacial score (nSPS) is 19.8. The summed E-state index contributed by atoms with van der Waals surface area (Å²) in [5.74, 6) is 0. The molecule has 0 saturated carbocycles. The third-order valence-corrected chi connectivity index (χ3v) is 5.28. The molecule has 0 N–H and O–H groups in total. The van der Waals surface area contributed by atoms with Gasteiger partial charge in [0.05, 0.1) is 11.7 Å². The summed E-state index contributed by atoms with van der Waals surface area (Å²) >= 11 is 1.36. The Morgan fingerprint density at radius 2 is 1.75 bits per heavy atom. The fourth-order valence-electron chi connectivity index (χ4n) is 3.50.